The maximum Gasteiger partial charge on any atom is 0.103 e. The minimum Gasteiger partial charge on any atom is -0.394 e. The smallest absolute Gasteiger partial charge is 0.103 e. The molecule has 0 aliphatic heterocycles. The molecule has 2 unspecified atom stereocenters. The monoisotopic (exact) mass is 146 g/mol. The summed E-state index contributed by atoms with van der Waals surface area (Å²) in [6.07, 6.45) is 1.07. The first kappa shape index (κ1) is 9.62. The van der Waals surface area contributed by atoms with E-state index in [9.17, 15) is 0 Å². The summed E-state index contributed by atoms with van der Waals surface area (Å²) in [6.45, 7) is 3.22. The van der Waals surface area contributed by atoms with Crippen LogP contribution in [0.5, 0.6) is 0 Å². The van der Waals surface area contributed by atoms with Gasteiger partial charge < -0.3 is 14.9 Å². The van der Waals surface area contributed by atoms with Gasteiger partial charge in [-0.25, -0.2) is 0 Å². The topological polar surface area (TPSA) is 49.7 Å². The second-order valence-electron chi connectivity index (χ2n) is 2.05. The Balaban J connectivity index is 3.67. The Morgan fingerprint density at radius 1 is 1.70 bits per heavy atom. The SMILES string of the molecule is C=CCC(OC)C(O)CO. The van der Waals surface area contributed by atoms with Crippen LogP contribution in [0.2, 0.25) is 0 Å². The summed E-state index contributed by atoms with van der Waals surface area (Å²) >= 11 is 0. The second-order valence-corrected chi connectivity index (χ2v) is 2.05. The van der Waals surface area contributed by atoms with Crippen molar-refractivity contribution >= 4 is 0 Å². The molecule has 3 heteroatoms. The lowest BCUT2D eigenvalue weighted by molar-refractivity contribution is -0.0354. The van der Waals surface area contributed by atoms with E-state index < -0.39 is 6.10 Å². The van der Waals surface area contributed by atoms with Gasteiger partial charge in [-0.2, -0.15) is 0 Å². The molecule has 3 nitrogen and oxygen atoms in total. The normalized spacial score (nSPS) is 16.3. The van der Waals surface area contributed by atoms with Crippen molar-refractivity contribution in [3.63, 3.8) is 0 Å². The first-order valence-corrected chi connectivity index (χ1v) is 3.18. The summed E-state index contributed by atoms with van der Waals surface area (Å²) in [5.41, 5.74) is 0. The average Bonchev–Trinajstić information content (AvgIpc) is 1.99. The third-order valence-corrected chi connectivity index (χ3v) is 1.32. The predicted octanol–water partition coefficient (Wildman–Crippen LogP) is -0.0693. The van der Waals surface area contributed by atoms with Crippen LogP contribution >= 0.6 is 0 Å². The highest BCUT2D eigenvalue weighted by molar-refractivity contribution is 4.77. The molecule has 0 amide bonds. The molecule has 2 atom stereocenters. The van der Waals surface area contributed by atoms with E-state index in [1.165, 1.54) is 7.11 Å². The van der Waals surface area contributed by atoms with Crippen molar-refractivity contribution in [1.29, 1.82) is 0 Å². The standard InChI is InChI=1S/C7H14O3/c1-3-4-7(10-2)6(9)5-8/h3,6-9H,1,4-5H2,2H3. The maximum absolute atomic E-state index is 9.03. The van der Waals surface area contributed by atoms with E-state index in [4.69, 9.17) is 14.9 Å². The summed E-state index contributed by atoms with van der Waals surface area (Å²) in [5, 5.41) is 17.5. The van der Waals surface area contributed by atoms with Crippen LogP contribution in [0.15, 0.2) is 12.7 Å². The zero-order valence-corrected chi connectivity index (χ0v) is 6.16. The number of aliphatic hydroxyl groups is 2. The Kier molecular flexibility index (Phi) is 5.20. The Morgan fingerprint density at radius 2 is 2.30 bits per heavy atom. The molecule has 0 aliphatic carbocycles. The quantitative estimate of drug-likeness (QED) is 0.534. The van der Waals surface area contributed by atoms with E-state index in [1.807, 2.05) is 0 Å². The lowest BCUT2D eigenvalue weighted by atomic mass is 10.1. The molecule has 0 radical (unpaired) electrons. The Labute approximate surface area is 60.9 Å². The number of aliphatic hydroxyl groups excluding tert-OH is 2. The van der Waals surface area contributed by atoms with Gasteiger partial charge in [0.25, 0.3) is 0 Å². The van der Waals surface area contributed by atoms with Gasteiger partial charge in [-0.3, -0.25) is 0 Å². The van der Waals surface area contributed by atoms with E-state index in [-0.39, 0.29) is 12.7 Å². The number of methoxy groups -OCH3 is 1. The van der Waals surface area contributed by atoms with Crippen LogP contribution in [-0.2, 0) is 4.74 Å². The van der Waals surface area contributed by atoms with Crippen LogP contribution in [0, 0.1) is 0 Å². The van der Waals surface area contributed by atoms with Crippen LogP contribution in [0.3, 0.4) is 0 Å². The molecule has 2 N–H and O–H groups in total. The lowest BCUT2D eigenvalue weighted by Gasteiger charge is -2.17. The van der Waals surface area contributed by atoms with Crippen molar-refractivity contribution in [3.8, 4) is 0 Å². The van der Waals surface area contributed by atoms with Gasteiger partial charge in [0.2, 0.25) is 0 Å². The number of ether oxygens (including phenoxy) is 1. The molecule has 0 aromatic carbocycles. The van der Waals surface area contributed by atoms with Crippen molar-refractivity contribution in [1.82, 2.24) is 0 Å². The Morgan fingerprint density at radius 3 is 2.60 bits per heavy atom. The summed E-state index contributed by atoms with van der Waals surface area (Å²) in [6, 6.07) is 0. The van der Waals surface area contributed by atoms with Gasteiger partial charge in [-0.15, -0.1) is 6.58 Å². The molecule has 0 saturated carbocycles. The zero-order chi connectivity index (χ0) is 7.98. The molecule has 0 fully saturated rings. The van der Waals surface area contributed by atoms with Gasteiger partial charge in [0.05, 0.1) is 12.7 Å². The minimum absolute atomic E-state index is 0.271. The molecule has 0 saturated heterocycles. The highest BCUT2D eigenvalue weighted by Gasteiger charge is 2.15. The van der Waals surface area contributed by atoms with Gasteiger partial charge in [0, 0.05) is 7.11 Å². The summed E-state index contributed by atoms with van der Waals surface area (Å²) in [5.74, 6) is 0. The van der Waals surface area contributed by atoms with Crippen LogP contribution in [0.4, 0.5) is 0 Å². The van der Waals surface area contributed by atoms with Crippen molar-refractivity contribution in [2.24, 2.45) is 0 Å². The Bertz CT molecular complexity index is 92.9. The van der Waals surface area contributed by atoms with Crippen LogP contribution in [-0.4, -0.2) is 36.1 Å². The minimum atomic E-state index is -0.803. The number of rotatable bonds is 5. The average molecular weight is 146 g/mol. The molecule has 0 aromatic heterocycles. The molecule has 0 heterocycles. The third-order valence-electron chi connectivity index (χ3n) is 1.32. The summed E-state index contributed by atoms with van der Waals surface area (Å²) in [4.78, 5) is 0. The van der Waals surface area contributed by atoms with Crippen molar-refractivity contribution < 1.29 is 14.9 Å². The number of hydrogen-bond acceptors (Lipinski definition) is 3. The largest absolute Gasteiger partial charge is 0.394 e. The number of hydrogen-bond donors (Lipinski definition) is 2. The fraction of sp³-hybridized carbons (Fsp3) is 0.714. The zero-order valence-electron chi connectivity index (χ0n) is 6.16. The predicted molar refractivity (Wildman–Crippen MR) is 38.7 cm³/mol. The highest BCUT2D eigenvalue weighted by Crippen LogP contribution is 2.02. The van der Waals surface area contributed by atoms with E-state index >= 15 is 0 Å². The molecule has 0 aromatic rings. The van der Waals surface area contributed by atoms with Gasteiger partial charge >= 0.3 is 0 Å². The van der Waals surface area contributed by atoms with Gasteiger partial charge in [-0.05, 0) is 6.42 Å². The maximum atomic E-state index is 9.03. The van der Waals surface area contributed by atoms with Crippen LogP contribution < -0.4 is 0 Å². The van der Waals surface area contributed by atoms with Gasteiger partial charge in [0.15, 0.2) is 0 Å². The Hall–Kier alpha value is -0.380. The van der Waals surface area contributed by atoms with Crippen molar-refractivity contribution in [2.45, 2.75) is 18.6 Å². The molecule has 0 bridgehead atoms. The van der Waals surface area contributed by atoms with E-state index in [1.54, 1.807) is 6.08 Å². The highest BCUT2D eigenvalue weighted by atomic mass is 16.5. The molecule has 0 spiro atoms. The first-order chi connectivity index (χ1) is 4.76. The van der Waals surface area contributed by atoms with E-state index in [0.717, 1.165) is 0 Å². The molecular weight excluding hydrogens is 132 g/mol. The van der Waals surface area contributed by atoms with Crippen LogP contribution in [0.25, 0.3) is 0 Å². The van der Waals surface area contributed by atoms with Crippen molar-refractivity contribution in [3.05, 3.63) is 12.7 Å². The molecule has 0 rings (SSSR count). The fourth-order valence-electron chi connectivity index (χ4n) is 0.692. The third kappa shape index (κ3) is 2.96. The fourth-order valence-corrected chi connectivity index (χ4v) is 0.692. The second kappa shape index (κ2) is 5.41. The summed E-state index contributed by atoms with van der Waals surface area (Å²) in [7, 11) is 1.49. The van der Waals surface area contributed by atoms with Gasteiger partial charge in [0.1, 0.15) is 6.10 Å². The van der Waals surface area contributed by atoms with Crippen molar-refractivity contribution in [2.75, 3.05) is 13.7 Å². The van der Waals surface area contributed by atoms with E-state index in [2.05, 4.69) is 6.58 Å². The van der Waals surface area contributed by atoms with Crippen LogP contribution in [0.1, 0.15) is 6.42 Å². The van der Waals surface area contributed by atoms with E-state index in [0.29, 0.717) is 6.42 Å². The molecule has 10 heavy (non-hydrogen) atoms. The first-order valence-electron chi connectivity index (χ1n) is 3.18. The van der Waals surface area contributed by atoms with Gasteiger partial charge in [-0.1, -0.05) is 6.08 Å². The molecular formula is C7H14O3. The molecule has 60 valence electrons. The summed E-state index contributed by atoms with van der Waals surface area (Å²) < 4.78 is 4.86. The lowest BCUT2D eigenvalue weighted by Crippen LogP contribution is -2.30. The molecule has 0 aliphatic rings.